The molecule has 100 valence electrons. The van der Waals surface area contributed by atoms with Crippen LogP contribution in [0.15, 0.2) is 0 Å². The number of likely N-dealkylation sites (tertiary alicyclic amines) is 1. The van der Waals surface area contributed by atoms with Gasteiger partial charge in [0.1, 0.15) is 0 Å². The van der Waals surface area contributed by atoms with Crippen molar-refractivity contribution < 1.29 is 0 Å². The molecule has 3 heteroatoms. The highest BCUT2D eigenvalue weighted by molar-refractivity contribution is 4.79. The molecule has 0 amide bonds. The number of hydrogen-bond donors (Lipinski definition) is 2. The van der Waals surface area contributed by atoms with Gasteiger partial charge in [-0.2, -0.15) is 0 Å². The Kier molecular flexibility index (Phi) is 5.75. The molecule has 2 aliphatic heterocycles. The van der Waals surface area contributed by atoms with Crippen LogP contribution in [-0.4, -0.2) is 50.2 Å². The molecular formula is C14H29N3. The molecule has 0 aromatic carbocycles. The first-order chi connectivity index (χ1) is 8.38. The first-order valence-corrected chi connectivity index (χ1v) is 7.55. The van der Waals surface area contributed by atoms with Crippen LogP contribution in [0.2, 0.25) is 0 Å². The van der Waals surface area contributed by atoms with Gasteiger partial charge in [0.05, 0.1) is 0 Å². The standard InChI is InChI=1S/C14H29N3/c1-2-8-17-9-5-14(6-10-17)16-12-13-4-3-7-15-11-13/h13-16H,2-12H2,1H3. The molecule has 2 fully saturated rings. The number of piperidine rings is 2. The van der Waals surface area contributed by atoms with Crippen LogP contribution < -0.4 is 10.6 Å². The van der Waals surface area contributed by atoms with Crippen molar-refractivity contribution >= 4 is 0 Å². The van der Waals surface area contributed by atoms with Crippen molar-refractivity contribution in [3.63, 3.8) is 0 Å². The van der Waals surface area contributed by atoms with Gasteiger partial charge in [-0.25, -0.2) is 0 Å². The second kappa shape index (κ2) is 7.34. The minimum Gasteiger partial charge on any atom is -0.316 e. The molecule has 0 aliphatic carbocycles. The topological polar surface area (TPSA) is 27.3 Å². The Hall–Kier alpha value is -0.120. The molecule has 1 unspecified atom stereocenters. The fraction of sp³-hybridized carbons (Fsp3) is 1.00. The van der Waals surface area contributed by atoms with E-state index in [1.165, 1.54) is 71.4 Å². The normalized spacial score (nSPS) is 28.4. The van der Waals surface area contributed by atoms with Crippen LogP contribution in [0, 0.1) is 5.92 Å². The molecule has 2 N–H and O–H groups in total. The van der Waals surface area contributed by atoms with Crippen LogP contribution in [0.3, 0.4) is 0 Å². The van der Waals surface area contributed by atoms with E-state index < -0.39 is 0 Å². The van der Waals surface area contributed by atoms with Crippen molar-refractivity contribution in [1.29, 1.82) is 0 Å². The molecular weight excluding hydrogens is 210 g/mol. The maximum atomic E-state index is 3.79. The quantitative estimate of drug-likeness (QED) is 0.760. The third kappa shape index (κ3) is 4.57. The predicted molar refractivity (Wildman–Crippen MR) is 73.3 cm³/mol. The fourth-order valence-corrected chi connectivity index (χ4v) is 3.11. The van der Waals surface area contributed by atoms with Crippen molar-refractivity contribution in [1.82, 2.24) is 15.5 Å². The SMILES string of the molecule is CCCN1CCC(NCC2CCCNC2)CC1. The van der Waals surface area contributed by atoms with E-state index in [9.17, 15) is 0 Å². The van der Waals surface area contributed by atoms with E-state index in [4.69, 9.17) is 0 Å². The van der Waals surface area contributed by atoms with Crippen LogP contribution in [0.4, 0.5) is 0 Å². The second-order valence-corrected chi connectivity index (χ2v) is 5.74. The maximum absolute atomic E-state index is 3.79. The Morgan fingerprint density at radius 3 is 2.71 bits per heavy atom. The van der Waals surface area contributed by atoms with Crippen LogP contribution >= 0.6 is 0 Å². The first-order valence-electron chi connectivity index (χ1n) is 7.55. The molecule has 0 spiro atoms. The highest BCUT2D eigenvalue weighted by Crippen LogP contribution is 2.13. The molecule has 3 nitrogen and oxygen atoms in total. The third-order valence-corrected chi connectivity index (χ3v) is 4.22. The minimum atomic E-state index is 0.782. The van der Waals surface area contributed by atoms with E-state index in [0.717, 1.165) is 12.0 Å². The van der Waals surface area contributed by atoms with E-state index in [1.807, 2.05) is 0 Å². The monoisotopic (exact) mass is 239 g/mol. The Morgan fingerprint density at radius 2 is 2.06 bits per heavy atom. The average molecular weight is 239 g/mol. The molecule has 0 bridgehead atoms. The Balaban J connectivity index is 1.57. The molecule has 17 heavy (non-hydrogen) atoms. The van der Waals surface area contributed by atoms with Crippen molar-refractivity contribution in [2.45, 2.75) is 45.1 Å². The van der Waals surface area contributed by atoms with E-state index in [-0.39, 0.29) is 0 Å². The summed E-state index contributed by atoms with van der Waals surface area (Å²) in [7, 11) is 0. The van der Waals surface area contributed by atoms with Gasteiger partial charge in [-0.1, -0.05) is 6.92 Å². The molecule has 2 aliphatic rings. The largest absolute Gasteiger partial charge is 0.316 e. The summed E-state index contributed by atoms with van der Waals surface area (Å²) in [4.78, 5) is 2.61. The second-order valence-electron chi connectivity index (χ2n) is 5.74. The lowest BCUT2D eigenvalue weighted by Crippen LogP contribution is -2.45. The first kappa shape index (κ1) is 13.3. The Labute approximate surface area is 106 Å². The summed E-state index contributed by atoms with van der Waals surface area (Å²) in [6.45, 7) is 9.85. The molecule has 0 aromatic rings. The van der Waals surface area contributed by atoms with Gasteiger partial charge in [0.15, 0.2) is 0 Å². The lowest BCUT2D eigenvalue weighted by molar-refractivity contribution is 0.192. The molecule has 0 saturated carbocycles. The van der Waals surface area contributed by atoms with E-state index in [1.54, 1.807) is 0 Å². The zero-order valence-electron chi connectivity index (χ0n) is 11.4. The number of rotatable bonds is 5. The van der Waals surface area contributed by atoms with Crippen LogP contribution in [0.5, 0.6) is 0 Å². The van der Waals surface area contributed by atoms with E-state index in [0.29, 0.717) is 0 Å². The number of nitrogens with one attached hydrogen (secondary N) is 2. The van der Waals surface area contributed by atoms with Crippen molar-refractivity contribution in [3.05, 3.63) is 0 Å². The fourth-order valence-electron chi connectivity index (χ4n) is 3.11. The average Bonchev–Trinajstić information content (AvgIpc) is 2.40. The summed E-state index contributed by atoms with van der Waals surface area (Å²) in [6, 6.07) is 0.782. The van der Waals surface area contributed by atoms with E-state index >= 15 is 0 Å². The molecule has 1 atom stereocenters. The lowest BCUT2D eigenvalue weighted by Gasteiger charge is -2.33. The summed E-state index contributed by atoms with van der Waals surface area (Å²) in [5, 5.41) is 7.29. The molecule has 2 saturated heterocycles. The van der Waals surface area contributed by atoms with Gasteiger partial charge >= 0.3 is 0 Å². The van der Waals surface area contributed by atoms with Crippen molar-refractivity contribution in [2.75, 3.05) is 39.3 Å². The van der Waals surface area contributed by atoms with Gasteiger partial charge in [0.2, 0.25) is 0 Å². The summed E-state index contributed by atoms with van der Waals surface area (Å²) in [5.74, 6) is 0.873. The molecule has 2 rings (SSSR count). The minimum absolute atomic E-state index is 0.782. The van der Waals surface area contributed by atoms with Gasteiger partial charge in [-0.15, -0.1) is 0 Å². The molecule has 0 aromatic heterocycles. The van der Waals surface area contributed by atoms with Crippen LogP contribution in [-0.2, 0) is 0 Å². The van der Waals surface area contributed by atoms with Gasteiger partial charge in [-0.05, 0) is 77.3 Å². The lowest BCUT2D eigenvalue weighted by atomic mass is 9.98. The van der Waals surface area contributed by atoms with Gasteiger partial charge in [-0.3, -0.25) is 0 Å². The highest BCUT2D eigenvalue weighted by atomic mass is 15.1. The maximum Gasteiger partial charge on any atom is 0.00915 e. The molecule has 0 radical (unpaired) electrons. The summed E-state index contributed by atoms with van der Waals surface area (Å²) in [5.41, 5.74) is 0. The van der Waals surface area contributed by atoms with Crippen LogP contribution in [0.1, 0.15) is 39.0 Å². The smallest absolute Gasteiger partial charge is 0.00915 e. The zero-order valence-corrected chi connectivity index (χ0v) is 11.4. The number of hydrogen-bond acceptors (Lipinski definition) is 3. The number of nitrogens with zero attached hydrogens (tertiary/aromatic N) is 1. The van der Waals surface area contributed by atoms with Crippen LogP contribution in [0.25, 0.3) is 0 Å². The van der Waals surface area contributed by atoms with E-state index in [2.05, 4.69) is 22.5 Å². The summed E-state index contributed by atoms with van der Waals surface area (Å²) < 4.78 is 0. The third-order valence-electron chi connectivity index (χ3n) is 4.22. The highest BCUT2D eigenvalue weighted by Gasteiger charge is 2.19. The summed E-state index contributed by atoms with van der Waals surface area (Å²) >= 11 is 0. The Bertz CT molecular complexity index is 194. The zero-order chi connectivity index (χ0) is 11.9. The van der Waals surface area contributed by atoms with Gasteiger partial charge < -0.3 is 15.5 Å². The van der Waals surface area contributed by atoms with Crippen molar-refractivity contribution in [2.24, 2.45) is 5.92 Å². The molecule has 2 heterocycles. The van der Waals surface area contributed by atoms with Crippen molar-refractivity contribution in [3.8, 4) is 0 Å². The van der Waals surface area contributed by atoms with Gasteiger partial charge in [0.25, 0.3) is 0 Å². The van der Waals surface area contributed by atoms with Gasteiger partial charge in [0, 0.05) is 6.04 Å². The predicted octanol–water partition coefficient (Wildman–Crippen LogP) is 1.45. The summed E-state index contributed by atoms with van der Waals surface area (Å²) in [6.07, 6.45) is 6.77. The Morgan fingerprint density at radius 1 is 1.24 bits per heavy atom.